The van der Waals surface area contributed by atoms with Crippen molar-refractivity contribution in [2.75, 3.05) is 0 Å². The quantitative estimate of drug-likeness (QED) is 0.176. The molecular weight excluding hydrogens is 340 g/mol. The zero-order valence-electron chi connectivity index (χ0n) is 18.0. The van der Waals surface area contributed by atoms with Crippen molar-refractivity contribution in [3.05, 3.63) is 0 Å². The lowest BCUT2D eigenvalue weighted by atomic mass is 10.0. The molecule has 5 heteroatoms. The smallest absolute Gasteiger partial charge is 0.221 e. The van der Waals surface area contributed by atoms with Crippen LogP contribution in [0.5, 0.6) is 0 Å². The van der Waals surface area contributed by atoms with Crippen molar-refractivity contribution in [3.63, 3.8) is 0 Å². The van der Waals surface area contributed by atoms with E-state index in [0.29, 0.717) is 12.8 Å². The third-order valence-corrected chi connectivity index (χ3v) is 5.10. The Labute approximate surface area is 167 Å². The second-order valence-corrected chi connectivity index (χ2v) is 7.77. The first-order valence-corrected chi connectivity index (χ1v) is 11.5. The highest BCUT2D eigenvalue weighted by molar-refractivity contribution is 5.76. The molecule has 0 aliphatic carbocycles. The number of hydrogen-bond donors (Lipinski definition) is 4. The van der Waals surface area contributed by atoms with Crippen molar-refractivity contribution in [1.29, 1.82) is 0 Å². The number of nitrogens with one attached hydrogen (secondary N) is 2. The molecule has 0 saturated carbocycles. The molecule has 5 nitrogen and oxygen atoms in total. The summed E-state index contributed by atoms with van der Waals surface area (Å²) in [6, 6.07) is 0. The molecule has 0 radical (unpaired) electrons. The zero-order chi connectivity index (χ0) is 20.2. The SMILES string of the molecule is CCCCCCCCCCCCCCCCCC(=O)NC(CC)NC(O)O. The number of unbranched alkanes of at least 4 members (excludes halogenated alkanes) is 14. The second-order valence-electron chi connectivity index (χ2n) is 7.77. The van der Waals surface area contributed by atoms with Gasteiger partial charge in [0.15, 0.2) is 0 Å². The summed E-state index contributed by atoms with van der Waals surface area (Å²) in [6.45, 7) is 4.15. The molecule has 4 N–H and O–H groups in total. The number of rotatable bonds is 20. The molecule has 162 valence electrons. The van der Waals surface area contributed by atoms with E-state index in [9.17, 15) is 4.79 Å². The van der Waals surface area contributed by atoms with Crippen LogP contribution in [0.2, 0.25) is 0 Å². The highest BCUT2D eigenvalue weighted by atomic mass is 16.5. The Kier molecular flexibility index (Phi) is 19.6. The third-order valence-electron chi connectivity index (χ3n) is 5.10. The van der Waals surface area contributed by atoms with Crippen molar-refractivity contribution in [2.24, 2.45) is 0 Å². The number of amides is 1. The summed E-state index contributed by atoms with van der Waals surface area (Å²) in [5.41, 5.74) is 0. The minimum absolute atomic E-state index is 0.0234. The van der Waals surface area contributed by atoms with E-state index in [1.54, 1.807) is 0 Å². The van der Waals surface area contributed by atoms with Gasteiger partial charge >= 0.3 is 0 Å². The summed E-state index contributed by atoms with van der Waals surface area (Å²) in [5.74, 6) is -0.0234. The number of carbonyl (C=O) groups excluding carboxylic acids is 1. The molecule has 0 heterocycles. The maximum absolute atomic E-state index is 11.8. The fourth-order valence-electron chi connectivity index (χ4n) is 3.36. The molecule has 0 aromatic carbocycles. The van der Waals surface area contributed by atoms with Crippen LogP contribution in [-0.4, -0.2) is 28.7 Å². The first-order chi connectivity index (χ1) is 13.1. The van der Waals surface area contributed by atoms with Gasteiger partial charge in [0.05, 0.1) is 6.17 Å². The van der Waals surface area contributed by atoms with Gasteiger partial charge in [-0.05, 0) is 12.8 Å². The number of aliphatic hydroxyl groups is 2. The van der Waals surface area contributed by atoms with Crippen LogP contribution >= 0.6 is 0 Å². The summed E-state index contributed by atoms with van der Waals surface area (Å²) >= 11 is 0. The van der Waals surface area contributed by atoms with Crippen LogP contribution in [0.4, 0.5) is 0 Å². The summed E-state index contributed by atoms with van der Waals surface area (Å²) in [7, 11) is 0. The van der Waals surface area contributed by atoms with Gasteiger partial charge in [0.25, 0.3) is 0 Å². The number of hydrogen-bond acceptors (Lipinski definition) is 4. The lowest BCUT2D eigenvalue weighted by molar-refractivity contribution is -0.123. The van der Waals surface area contributed by atoms with Gasteiger partial charge in [-0.15, -0.1) is 0 Å². The zero-order valence-corrected chi connectivity index (χ0v) is 18.0. The van der Waals surface area contributed by atoms with E-state index in [2.05, 4.69) is 17.6 Å². The molecule has 0 aromatic rings. The van der Waals surface area contributed by atoms with Crippen LogP contribution in [0.1, 0.15) is 123 Å². The average Bonchev–Trinajstić information content (AvgIpc) is 2.64. The Morgan fingerprint density at radius 1 is 0.704 bits per heavy atom. The van der Waals surface area contributed by atoms with Crippen molar-refractivity contribution in [1.82, 2.24) is 10.6 Å². The Balaban J connectivity index is 3.29. The van der Waals surface area contributed by atoms with Gasteiger partial charge in [-0.3, -0.25) is 4.79 Å². The van der Waals surface area contributed by atoms with Crippen LogP contribution in [0.25, 0.3) is 0 Å². The Bertz CT molecular complexity index is 325. The predicted octanol–water partition coefficient (Wildman–Crippen LogP) is 4.96. The van der Waals surface area contributed by atoms with Gasteiger partial charge in [-0.1, -0.05) is 104 Å². The predicted molar refractivity (Wildman–Crippen MR) is 113 cm³/mol. The van der Waals surface area contributed by atoms with E-state index in [1.165, 1.54) is 83.5 Å². The van der Waals surface area contributed by atoms with Crippen LogP contribution in [-0.2, 0) is 4.79 Å². The highest BCUT2D eigenvalue weighted by Gasteiger charge is 2.11. The van der Waals surface area contributed by atoms with E-state index in [1.807, 2.05) is 6.92 Å². The van der Waals surface area contributed by atoms with E-state index in [4.69, 9.17) is 10.2 Å². The number of carbonyl (C=O) groups is 1. The lowest BCUT2D eigenvalue weighted by Gasteiger charge is -2.19. The molecule has 1 atom stereocenters. The Hall–Kier alpha value is -0.650. The minimum Gasteiger partial charge on any atom is -0.356 e. The van der Waals surface area contributed by atoms with Gasteiger partial charge < -0.3 is 15.5 Å². The lowest BCUT2D eigenvalue weighted by Crippen LogP contribution is -2.49. The summed E-state index contributed by atoms with van der Waals surface area (Å²) in [4.78, 5) is 11.8. The Morgan fingerprint density at radius 2 is 1.11 bits per heavy atom. The standard InChI is InChI=1S/C22H46N2O3/c1-3-5-6-7-8-9-10-11-12-13-14-15-16-17-18-19-21(25)23-20(4-2)24-22(26)27/h20,22,24,26-27H,3-19H2,1-2H3,(H,23,25). The van der Waals surface area contributed by atoms with Crippen LogP contribution in [0.3, 0.4) is 0 Å². The van der Waals surface area contributed by atoms with Gasteiger partial charge in [-0.25, -0.2) is 5.32 Å². The molecule has 0 aromatic heterocycles. The molecule has 1 amide bonds. The maximum Gasteiger partial charge on any atom is 0.221 e. The van der Waals surface area contributed by atoms with Crippen molar-refractivity contribution in [3.8, 4) is 0 Å². The van der Waals surface area contributed by atoms with Crippen LogP contribution in [0, 0.1) is 0 Å². The second kappa shape index (κ2) is 20.1. The molecule has 0 rings (SSSR count). The number of aliphatic hydroxyl groups excluding tert-OH is 1. The van der Waals surface area contributed by atoms with Crippen LogP contribution in [0.15, 0.2) is 0 Å². The fourth-order valence-corrected chi connectivity index (χ4v) is 3.36. The fraction of sp³-hybridized carbons (Fsp3) is 0.955. The molecule has 0 aliphatic heterocycles. The first kappa shape index (κ1) is 26.4. The summed E-state index contributed by atoms with van der Waals surface area (Å²) in [5, 5.41) is 23.0. The molecule has 0 saturated heterocycles. The van der Waals surface area contributed by atoms with Gasteiger partial charge in [0.1, 0.15) is 0 Å². The minimum atomic E-state index is -1.60. The van der Waals surface area contributed by atoms with E-state index < -0.39 is 6.41 Å². The maximum atomic E-state index is 11.8. The molecule has 0 fully saturated rings. The molecule has 1 unspecified atom stereocenters. The molecule has 0 spiro atoms. The Morgan fingerprint density at radius 3 is 1.48 bits per heavy atom. The van der Waals surface area contributed by atoms with Crippen molar-refractivity contribution >= 4 is 5.91 Å². The largest absolute Gasteiger partial charge is 0.356 e. The monoisotopic (exact) mass is 386 g/mol. The van der Waals surface area contributed by atoms with E-state index in [0.717, 1.165) is 12.8 Å². The first-order valence-electron chi connectivity index (χ1n) is 11.5. The van der Waals surface area contributed by atoms with E-state index in [-0.39, 0.29) is 12.1 Å². The summed E-state index contributed by atoms with van der Waals surface area (Å²) < 4.78 is 0. The van der Waals surface area contributed by atoms with Gasteiger partial charge in [-0.2, -0.15) is 0 Å². The molecular formula is C22H46N2O3. The summed E-state index contributed by atoms with van der Waals surface area (Å²) in [6.07, 6.45) is 18.9. The van der Waals surface area contributed by atoms with Crippen LogP contribution < -0.4 is 10.6 Å². The topological polar surface area (TPSA) is 81.6 Å². The third kappa shape index (κ3) is 19.9. The molecule has 0 bridgehead atoms. The van der Waals surface area contributed by atoms with Crippen molar-refractivity contribution in [2.45, 2.75) is 136 Å². The van der Waals surface area contributed by atoms with Crippen molar-refractivity contribution < 1.29 is 15.0 Å². The highest BCUT2D eigenvalue weighted by Crippen LogP contribution is 2.13. The van der Waals surface area contributed by atoms with Gasteiger partial charge in [0.2, 0.25) is 12.3 Å². The molecule has 0 aliphatic rings. The van der Waals surface area contributed by atoms with Gasteiger partial charge in [0, 0.05) is 6.42 Å². The normalized spacial score (nSPS) is 12.5. The van der Waals surface area contributed by atoms with E-state index >= 15 is 0 Å². The molecule has 27 heavy (non-hydrogen) atoms. The average molecular weight is 387 g/mol.